The molecule has 3 heterocycles. The molecule has 0 radical (unpaired) electrons. The Morgan fingerprint density at radius 2 is 1.84 bits per heavy atom. The molecule has 8 nitrogen and oxygen atoms in total. The summed E-state index contributed by atoms with van der Waals surface area (Å²) in [6, 6.07) is 9.13. The van der Waals surface area contributed by atoms with E-state index in [0.717, 1.165) is 13.1 Å². The molecule has 2 aromatic heterocycles. The molecular weight excluding hydrogens is 409 g/mol. The molecule has 5 rings (SSSR count). The van der Waals surface area contributed by atoms with Crippen LogP contribution in [0.15, 0.2) is 42.7 Å². The quantitative estimate of drug-likeness (QED) is 0.513. The monoisotopic (exact) mass is 433 g/mol. The fourth-order valence-electron chi connectivity index (χ4n) is 4.33. The molecule has 1 aliphatic rings. The van der Waals surface area contributed by atoms with Gasteiger partial charge in [-0.05, 0) is 49.2 Å². The van der Waals surface area contributed by atoms with E-state index in [9.17, 15) is 9.50 Å². The van der Waals surface area contributed by atoms with Crippen LogP contribution in [0.5, 0.6) is 5.75 Å². The Balaban J connectivity index is 1.42. The van der Waals surface area contributed by atoms with E-state index in [1.807, 2.05) is 12.1 Å². The Morgan fingerprint density at radius 3 is 2.53 bits per heavy atom. The van der Waals surface area contributed by atoms with Gasteiger partial charge < -0.3 is 15.3 Å². The van der Waals surface area contributed by atoms with Crippen molar-refractivity contribution in [1.82, 2.24) is 30.3 Å². The number of nitrogens with zero attached hydrogens (tertiary/aromatic N) is 6. The van der Waals surface area contributed by atoms with Gasteiger partial charge in [-0.25, -0.2) is 9.37 Å². The Morgan fingerprint density at radius 1 is 1.06 bits per heavy atom. The zero-order valence-electron chi connectivity index (χ0n) is 18.1. The summed E-state index contributed by atoms with van der Waals surface area (Å²) in [4.78, 5) is 6.58. The Bertz CT molecular complexity index is 1280. The number of piperazine rings is 1. The number of aromatic nitrogens is 5. The van der Waals surface area contributed by atoms with Crippen LogP contribution in [0.4, 0.5) is 10.3 Å². The molecule has 1 saturated heterocycles. The number of aryl methyl sites for hydroxylation is 1. The van der Waals surface area contributed by atoms with Gasteiger partial charge in [0, 0.05) is 49.4 Å². The van der Waals surface area contributed by atoms with Gasteiger partial charge in [-0.15, -0.1) is 10.2 Å². The third kappa shape index (κ3) is 3.75. The van der Waals surface area contributed by atoms with Crippen LogP contribution < -0.4 is 10.2 Å². The van der Waals surface area contributed by atoms with Crippen molar-refractivity contribution in [3.8, 4) is 28.1 Å². The smallest absolute Gasteiger partial charge is 0.245 e. The molecule has 0 aliphatic carbocycles. The van der Waals surface area contributed by atoms with Crippen LogP contribution >= 0.6 is 0 Å². The Hall–Kier alpha value is -3.59. The van der Waals surface area contributed by atoms with Crippen molar-refractivity contribution in [3.05, 3.63) is 48.5 Å². The average Bonchev–Trinajstić information content (AvgIpc) is 3.14. The van der Waals surface area contributed by atoms with Crippen molar-refractivity contribution in [1.29, 1.82) is 0 Å². The lowest BCUT2D eigenvalue weighted by molar-refractivity contribution is 0.402. The first-order chi connectivity index (χ1) is 15.4. The number of hydrogen-bond donors (Lipinski definition) is 2. The summed E-state index contributed by atoms with van der Waals surface area (Å²) in [5.74, 6) is 0.205. The molecule has 9 heteroatoms. The molecule has 2 aromatic carbocycles. The van der Waals surface area contributed by atoms with Crippen molar-refractivity contribution in [2.45, 2.75) is 25.9 Å². The number of anilines is 1. The highest BCUT2D eigenvalue weighted by atomic mass is 19.1. The fraction of sp³-hybridized carbons (Fsp3) is 0.304. The summed E-state index contributed by atoms with van der Waals surface area (Å²) in [5, 5.41) is 27.5. The van der Waals surface area contributed by atoms with Crippen LogP contribution in [0.2, 0.25) is 0 Å². The topological polar surface area (TPSA) is 92.0 Å². The van der Waals surface area contributed by atoms with Gasteiger partial charge >= 0.3 is 0 Å². The highest BCUT2D eigenvalue weighted by Gasteiger charge is 2.23. The van der Waals surface area contributed by atoms with Gasteiger partial charge in [-0.3, -0.25) is 4.68 Å². The fourth-order valence-corrected chi connectivity index (χ4v) is 4.33. The Kier molecular flexibility index (Phi) is 4.97. The number of aromatic hydroxyl groups is 1. The molecule has 1 fully saturated rings. The Labute approximate surface area is 184 Å². The summed E-state index contributed by atoms with van der Waals surface area (Å²) in [5.41, 5.74) is 2.67. The SMILES string of the molecule is C[C@@H]1CN(c2ncc(-c3ccc(-c4cc(F)c5nn(C)cc5c4)cc3O)nn2)C[C@@H](C)N1. The van der Waals surface area contributed by atoms with Gasteiger partial charge in [0.2, 0.25) is 5.95 Å². The first-order valence-corrected chi connectivity index (χ1v) is 10.5. The molecule has 0 saturated carbocycles. The standard InChI is InChI=1S/C23H24FN7O/c1-13-10-31(11-14(2)26-13)23-25-9-20(27-28-23)18-5-4-15(8-21(18)32)16-6-17-12-30(3)29-22(17)19(24)7-16/h4-9,12-14,26,32H,10-11H2,1-3H3/t13-,14-/m1/s1. The third-order valence-electron chi connectivity index (χ3n) is 5.67. The van der Waals surface area contributed by atoms with E-state index in [0.29, 0.717) is 51.3 Å². The van der Waals surface area contributed by atoms with Crippen LogP contribution in [0, 0.1) is 5.82 Å². The van der Waals surface area contributed by atoms with Crippen LogP contribution in [0.3, 0.4) is 0 Å². The number of phenols is 1. The van der Waals surface area contributed by atoms with E-state index in [2.05, 4.69) is 44.3 Å². The number of rotatable bonds is 3. The minimum atomic E-state index is -0.399. The predicted octanol–water partition coefficient (Wildman–Crippen LogP) is 3.12. The van der Waals surface area contributed by atoms with E-state index in [1.54, 1.807) is 36.3 Å². The average molecular weight is 433 g/mol. The van der Waals surface area contributed by atoms with Crippen molar-refractivity contribution < 1.29 is 9.50 Å². The highest BCUT2D eigenvalue weighted by Crippen LogP contribution is 2.34. The minimum Gasteiger partial charge on any atom is -0.507 e. The van der Waals surface area contributed by atoms with Crippen LogP contribution in [-0.2, 0) is 7.05 Å². The van der Waals surface area contributed by atoms with Crippen molar-refractivity contribution in [2.75, 3.05) is 18.0 Å². The van der Waals surface area contributed by atoms with E-state index in [-0.39, 0.29) is 5.75 Å². The number of fused-ring (bicyclic) bond motifs is 1. The third-order valence-corrected chi connectivity index (χ3v) is 5.67. The molecule has 0 bridgehead atoms. The molecule has 0 spiro atoms. The molecule has 32 heavy (non-hydrogen) atoms. The number of benzene rings is 2. The number of halogens is 1. The molecule has 164 valence electrons. The normalized spacial score (nSPS) is 18.9. The second-order valence-electron chi connectivity index (χ2n) is 8.45. The minimum absolute atomic E-state index is 0.0301. The maximum Gasteiger partial charge on any atom is 0.245 e. The van der Waals surface area contributed by atoms with Gasteiger partial charge in [0.15, 0.2) is 5.82 Å². The maximum atomic E-state index is 14.5. The van der Waals surface area contributed by atoms with Crippen LogP contribution in [-0.4, -0.2) is 55.2 Å². The molecule has 2 atom stereocenters. The lowest BCUT2D eigenvalue weighted by Crippen LogP contribution is -2.54. The second-order valence-corrected chi connectivity index (χ2v) is 8.45. The molecular formula is C23H24FN7O. The lowest BCUT2D eigenvalue weighted by Gasteiger charge is -2.35. The predicted molar refractivity (Wildman–Crippen MR) is 121 cm³/mol. The lowest BCUT2D eigenvalue weighted by atomic mass is 10.0. The molecule has 0 amide bonds. The molecule has 4 aromatic rings. The summed E-state index contributed by atoms with van der Waals surface area (Å²) in [7, 11) is 1.75. The molecule has 0 unspecified atom stereocenters. The van der Waals surface area contributed by atoms with Crippen molar-refractivity contribution in [2.24, 2.45) is 7.05 Å². The van der Waals surface area contributed by atoms with E-state index in [4.69, 9.17) is 0 Å². The van der Waals surface area contributed by atoms with Gasteiger partial charge in [0.1, 0.15) is 17.0 Å². The van der Waals surface area contributed by atoms with E-state index < -0.39 is 5.82 Å². The van der Waals surface area contributed by atoms with Gasteiger partial charge in [-0.1, -0.05) is 6.07 Å². The summed E-state index contributed by atoms with van der Waals surface area (Å²) < 4.78 is 16.0. The first kappa shape index (κ1) is 20.3. The number of nitrogens with one attached hydrogen (secondary N) is 1. The zero-order chi connectivity index (χ0) is 22.4. The molecule has 1 aliphatic heterocycles. The highest BCUT2D eigenvalue weighted by molar-refractivity contribution is 5.85. The maximum absolute atomic E-state index is 14.5. The first-order valence-electron chi connectivity index (χ1n) is 10.5. The summed E-state index contributed by atoms with van der Waals surface area (Å²) in [6.07, 6.45) is 3.38. The molecule has 2 N–H and O–H groups in total. The van der Waals surface area contributed by atoms with Crippen molar-refractivity contribution in [3.63, 3.8) is 0 Å². The second kappa shape index (κ2) is 7.83. The summed E-state index contributed by atoms with van der Waals surface area (Å²) in [6.45, 7) is 5.87. The van der Waals surface area contributed by atoms with E-state index in [1.165, 1.54) is 6.07 Å². The van der Waals surface area contributed by atoms with Gasteiger partial charge in [0.25, 0.3) is 0 Å². The zero-order valence-corrected chi connectivity index (χ0v) is 18.1. The van der Waals surface area contributed by atoms with Crippen LogP contribution in [0.1, 0.15) is 13.8 Å². The van der Waals surface area contributed by atoms with E-state index >= 15 is 0 Å². The van der Waals surface area contributed by atoms with Crippen molar-refractivity contribution >= 4 is 16.9 Å². The van der Waals surface area contributed by atoms with Gasteiger partial charge in [0.05, 0.1) is 6.20 Å². The number of phenolic OH excluding ortho intramolecular Hbond substituents is 1. The largest absolute Gasteiger partial charge is 0.507 e. The van der Waals surface area contributed by atoms with Gasteiger partial charge in [-0.2, -0.15) is 5.10 Å². The summed E-state index contributed by atoms with van der Waals surface area (Å²) >= 11 is 0. The van der Waals surface area contributed by atoms with Crippen LogP contribution in [0.25, 0.3) is 33.3 Å². The number of hydrogen-bond acceptors (Lipinski definition) is 7.